The summed E-state index contributed by atoms with van der Waals surface area (Å²) in [5, 5.41) is 2.89. The SMILES string of the molecule is CC(CN1CCc2nc(-c3ccco3)ncc2C1)NC(=O)OC(C)(C)C. The van der Waals surface area contributed by atoms with Crippen LogP contribution in [0.4, 0.5) is 4.79 Å². The molecule has 7 heteroatoms. The van der Waals surface area contributed by atoms with E-state index in [9.17, 15) is 4.79 Å². The van der Waals surface area contributed by atoms with Crippen LogP contribution in [0.5, 0.6) is 0 Å². The maximum Gasteiger partial charge on any atom is 0.407 e. The zero-order valence-corrected chi connectivity index (χ0v) is 15.8. The Balaban J connectivity index is 1.56. The topological polar surface area (TPSA) is 80.5 Å². The quantitative estimate of drug-likeness (QED) is 0.905. The molecule has 0 fully saturated rings. The molecule has 0 saturated carbocycles. The molecule has 3 rings (SSSR count). The first-order chi connectivity index (χ1) is 12.3. The molecule has 0 aliphatic carbocycles. The predicted molar refractivity (Wildman–Crippen MR) is 97.5 cm³/mol. The van der Waals surface area contributed by atoms with Crippen LogP contribution in [0.1, 0.15) is 39.0 Å². The Morgan fingerprint density at radius 1 is 1.46 bits per heavy atom. The molecule has 1 atom stereocenters. The predicted octanol–water partition coefficient (Wildman–Crippen LogP) is 3.01. The molecular formula is C19H26N4O3. The fraction of sp³-hybridized carbons (Fsp3) is 0.526. The average molecular weight is 358 g/mol. The van der Waals surface area contributed by atoms with Crippen LogP contribution in [-0.2, 0) is 17.7 Å². The fourth-order valence-corrected chi connectivity index (χ4v) is 3.00. The summed E-state index contributed by atoms with van der Waals surface area (Å²) in [6.07, 6.45) is 3.97. The number of ether oxygens (including phenoxy) is 1. The van der Waals surface area contributed by atoms with Gasteiger partial charge in [0.05, 0.1) is 12.0 Å². The molecule has 26 heavy (non-hydrogen) atoms. The van der Waals surface area contributed by atoms with E-state index in [1.165, 1.54) is 0 Å². The van der Waals surface area contributed by atoms with E-state index in [2.05, 4.69) is 20.2 Å². The van der Waals surface area contributed by atoms with Crippen LogP contribution in [0.3, 0.4) is 0 Å². The van der Waals surface area contributed by atoms with Crippen molar-refractivity contribution in [1.29, 1.82) is 0 Å². The van der Waals surface area contributed by atoms with Crippen LogP contribution in [-0.4, -0.2) is 45.7 Å². The first kappa shape index (κ1) is 18.4. The van der Waals surface area contributed by atoms with Gasteiger partial charge in [-0.1, -0.05) is 0 Å². The molecule has 1 aliphatic rings. The summed E-state index contributed by atoms with van der Waals surface area (Å²) >= 11 is 0. The lowest BCUT2D eigenvalue weighted by Crippen LogP contribution is -2.45. The number of carbonyl (C=O) groups excluding carboxylic acids is 1. The monoisotopic (exact) mass is 358 g/mol. The molecule has 1 N–H and O–H groups in total. The molecule has 0 saturated heterocycles. The molecule has 0 radical (unpaired) electrons. The molecule has 0 spiro atoms. The number of hydrogen-bond donors (Lipinski definition) is 1. The molecular weight excluding hydrogens is 332 g/mol. The summed E-state index contributed by atoms with van der Waals surface area (Å²) in [6.45, 7) is 9.96. The Morgan fingerprint density at radius 2 is 2.27 bits per heavy atom. The minimum absolute atomic E-state index is 0.00490. The number of hydrogen-bond acceptors (Lipinski definition) is 6. The van der Waals surface area contributed by atoms with Gasteiger partial charge >= 0.3 is 6.09 Å². The number of rotatable bonds is 4. The maximum atomic E-state index is 11.9. The number of nitrogens with zero attached hydrogens (tertiary/aromatic N) is 3. The largest absolute Gasteiger partial charge is 0.461 e. The van der Waals surface area contributed by atoms with E-state index < -0.39 is 5.60 Å². The van der Waals surface area contributed by atoms with Crippen LogP contribution in [0, 0.1) is 0 Å². The van der Waals surface area contributed by atoms with Gasteiger partial charge in [-0.25, -0.2) is 14.8 Å². The third-order valence-electron chi connectivity index (χ3n) is 4.05. The number of nitrogens with one attached hydrogen (secondary N) is 1. The van der Waals surface area contributed by atoms with Gasteiger partial charge in [0.1, 0.15) is 5.60 Å². The van der Waals surface area contributed by atoms with Gasteiger partial charge < -0.3 is 14.5 Å². The minimum atomic E-state index is -0.489. The third kappa shape index (κ3) is 4.82. The second-order valence-corrected chi connectivity index (χ2v) is 7.68. The van der Waals surface area contributed by atoms with Crippen molar-refractivity contribution in [2.45, 2.75) is 52.3 Å². The fourth-order valence-electron chi connectivity index (χ4n) is 3.00. The van der Waals surface area contributed by atoms with Crippen molar-refractivity contribution in [3.63, 3.8) is 0 Å². The van der Waals surface area contributed by atoms with Crippen LogP contribution >= 0.6 is 0 Å². The Morgan fingerprint density at radius 3 is 2.96 bits per heavy atom. The zero-order chi connectivity index (χ0) is 18.7. The van der Waals surface area contributed by atoms with E-state index in [0.717, 1.165) is 37.3 Å². The Bertz CT molecular complexity index is 753. The Kier molecular flexibility index (Phi) is 5.27. The average Bonchev–Trinajstić information content (AvgIpc) is 3.06. The summed E-state index contributed by atoms with van der Waals surface area (Å²) in [7, 11) is 0. The second kappa shape index (κ2) is 7.45. The molecule has 0 bridgehead atoms. The number of aromatic nitrogens is 2. The highest BCUT2D eigenvalue weighted by atomic mass is 16.6. The Hall–Kier alpha value is -2.41. The van der Waals surface area contributed by atoms with E-state index >= 15 is 0 Å². The molecule has 140 valence electrons. The summed E-state index contributed by atoms with van der Waals surface area (Å²) in [6, 6.07) is 3.69. The summed E-state index contributed by atoms with van der Waals surface area (Å²) in [4.78, 5) is 23.2. The van der Waals surface area contributed by atoms with Crippen molar-refractivity contribution in [2.75, 3.05) is 13.1 Å². The molecule has 1 unspecified atom stereocenters. The van der Waals surface area contributed by atoms with Crippen molar-refractivity contribution in [3.8, 4) is 11.6 Å². The number of alkyl carbamates (subject to hydrolysis) is 1. The lowest BCUT2D eigenvalue weighted by molar-refractivity contribution is 0.0495. The first-order valence-corrected chi connectivity index (χ1v) is 8.91. The number of furan rings is 1. The van der Waals surface area contributed by atoms with Gasteiger partial charge in [0.25, 0.3) is 0 Å². The number of amides is 1. The van der Waals surface area contributed by atoms with Gasteiger partial charge in [-0.05, 0) is 39.8 Å². The lowest BCUT2D eigenvalue weighted by Gasteiger charge is -2.30. The van der Waals surface area contributed by atoms with Gasteiger partial charge in [0.15, 0.2) is 11.6 Å². The van der Waals surface area contributed by atoms with E-state index in [1.54, 1.807) is 6.26 Å². The first-order valence-electron chi connectivity index (χ1n) is 8.91. The highest BCUT2D eigenvalue weighted by Gasteiger charge is 2.22. The number of fused-ring (bicyclic) bond motifs is 1. The van der Waals surface area contributed by atoms with E-state index in [0.29, 0.717) is 11.6 Å². The van der Waals surface area contributed by atoms with Crippen molar-refractivity contribution in [2.24, 2.45) is 0 Å². The maximum absolute atomic E-state index is 11.9. The second-order valence-electron chi connectivity index (χ2n) is 7.68. The van der Waals surface area contributed by atoms with Gasteiger partial charge in [-0.15, -0.1) is 0 Å². The van der Waals surface area contributed by atoms with Crippen LogP contribution in [0.15, 0.2) is 29.0 Å². The minimum Gasteiger partial charge on any atom is -0.461 e. The van der Waals surface area contributed by atoms with Gasteiger partial charge in [-0.3, -0.25) is 4.90 Å². The lowest BCUT2D eigenvalue weighted by atomic mass is 10.1. The van der Waals surface area contributed by atoms with Crippen molar-refractivity contribution >= 4 is 6.09 Å². The molecule has 1 aliphatic heterocycles. The standard InChI is InChI=1S/C19H26N4O3/c1-13(21-18(24)26-19(2,3)4)11-23-8-7-15-14(12-23)10-20-17(22-15)16-6-5-9-25-16/h5-6,9-10,13H,7-8,11-12H2,1-4H3,(H,21,24). The van der Waals surface area contributed by atoms with Crippen molar-refractivity contribution in [3.05, 3.63) is 35.9 Å². The van der Waals surface area contributed by atoms with Crippen LogP contribution in [0.25, 0.3) is 11.6 Å². The van der Waals surface area contributed by atoms with Crippen molar-refractivity contribution < 1.29 is 13.9 Å². The Labute approximate surface area is 153 Å². The molecule has 7 nitrogen and oxygen atoms in total. The van der Waals surface area contributed by atoms with E-state index in [4.69, 9.17) is 9.15 Å². The van der Waals surface area contributed by atoms with Crippen molar-refractivity contribution in [1.82, 2.24) is 20.2 Å². The smallest absolute Gasteiger partial charge is 0.407 e. The number of carbonyl (C=O) groups is 1. The molecule has 2 aromatic rings. The molecule has 1 amide bonds. The zero-order valence-electron chi connectivity index (χ0n) is 15.8. The summed E-state index contributed by atoms with van der Waals surface area (Å²) in [5.41, 5.74) is 1.70. The van der Waals surface area contributed by atoms with Gasteiger partial charge in [-0.2, -0.15) is 0 Å². The van der Waals surface area contributed by atoms with E-state index in [1.807, 2.05) is 46.0 Å². The summed E-state index contributed by atoms with van der Waals surface area (Å²) in [5.74, 6) is 1.31. The molecule has 3 heterocycles. The highest BCUT2D eigenvalue weighted by molar-refractivity contribution is 5.68. The van der Waals surface area contributed by atoms with Gasteiger partial charge in [0, 0.05) is 43.9 Å². The normalized spacial score (nSPS) is 16.0. The third-order valence-corrected chi connectivity index (χ3v) is 4.05. The van der Waals surface area contributed by atoms with Gasteiger partial charge in [0.2, 0.25) is 0 Å². The molecule has 0 aromatic carbocycles. The van der Waals surface area contributed by atoms with E-state index in [-0.39, 0.29) is 12.1 Å². The van der Waals surface area contributed by atoms with Crippen LogP contribution < -0.4 is 5.32 Å². The summed E-state index contributed by atoms with van der Waals surface area (Å²) < 4.78 is 10.7. The highest BCUT2D eigenvalue weighted by Crippen LogP contribution is 2.21. The van der Waals surface area contributed by atoms with Crippen LogP contribution in [0.2, 0.25) is 0 Å². The molecule has 2 aromatic heterocycles.